The van der Waals surface area contributed by atoms with E-state index in [2.05, 4.69) is 124 Å². The zero-order valence-electron chi connectivity index (χ0n) is 41.8. The van der Waals surface area contributed by atoms with Gasteiger partial charge in [0.05, 0.1) is 6.61 Å². The fourth-order valence-electron chi connectivity index (χ4n) is 6.85. The van der Waals surface area contributed by atoms with Gasteiger partial charge in [-0.2, -0.15) is 0 Å². The van der Waals surface area contributed by atoms with Crippen LogP contribution in [0.2, 0.25) is 0 Å². The van der Waals surface area contributed by atoms with E-state index in [9.17, 15) is 9.59 Å². The Morgan fingerprint density at radius 1 is 0.359 bits per heavy atom. The maximum absolute atomic E-state index is 12.8. The van der Waals surface area contributed by atoms with Gasteiger partial charge in [-0.05, 0) is 116 Å². The first-order chi connectivity index (χ1) is 31.6. The monoisotopic (exact) mass is 887 g/mol. The van der Waals surface area contributed by atoms with Crippen molar-refractivity contribution in [2.24, 2.45) is 0 Å². The van der Waals surface area contributed by atoms with Gasteiger partial charge in [0, 0.05) is 19.4 Å². The largest absolute Gasteiger partial charge is 0.462 e. The van der Waals surface area contributed by atoms with Gasteiger partial charge in [0.1, 0.15) is 6.61 Å². The Morgan fingerprint density at radius 3 is 1.19 bits per heavy atom. The van der Waals surface area contributed by atoms with Crippen LogP contribution < -0.4 is 0 Å². The zero-order valence-corrected chi connectivity index (χ0v) is 41.8. The third kappa shape index (κ3) is 51.2. The molecule has 0 amide bonds. The molecule has 0 fully saturated rings. The third-order valence-electron chi connectivity index (χ3n) is 10.8. The quantitative estimate of drug-likeness (QED) is 0.0346. The lowest BCUT2D eigenvalue weighted by Crippen LogP contribution is -2.30. The van der Waals surface area contributed by atoms with Gasteiger partial charge in [0.2, 0.25) is 0 Å². The van der Waals surface area contributed by atoms with Crippen LogP contribution in [0.1, 0.15) is 226 Å². The van der Waals surface area contributed by atoms with Gasteiger partial charge < -0.3 is 14.2 Å². The van der Waals surface area contributed by atoms with E-state index >= 15 is 0 Å². The van der Waals surface area contributed by atoms with E-state index in [-0.39, 0.29) is 31.6 Å². The van der Waals surface area contributed by atoms with E-state index < -0.39 is 6.10 Å². The molecule has 0 radical (unpaired) electrons. The molecule has 5 heteroatoms. The summed E-state index contributed by atoms with van der Waals surface area (Å²) in [4.78, 5) is 25.4. The van der Waals surface area contributed by atoms with Crippen molar-refractivity contribution in [2.45, 2.75) is 232 Å². The minimum absolute atomic E-state index is 0.0394. The first-order valence-electron chi connectivity index (χ1n) is 26.4. The minimum Gasteiger partial charge on any atom is -0.462 e. The van der Waals surface area contributed by atoms with Crippen molar-refractivity contribution in [1.29, 1.82) is 0 Å². The fraction of sp³-hybridized carbons (Fsp3) is 0.661. The lowest BCUT2D eigenvalue weighted by Gasteiger charge is -2.18. The number of hydrogen-bond acceptors (Lipinski definition) is 5. The van der Waals surface area contributed by atoms with Crippen LogP contribution in [0.4, 0.5) is 0 Å². The fourth-order valence-corrected chi connectivity index (χ4v) is 6.85. The predicted molar refractivity (Wildman–Crippen MR) is 279 cm³/mol. The van der Waals surface area contributed by atoms with E-state index in [1.54, 1.807) is 0 Å². The topological polar surface area (TPSA) is 61.8 Å². The highest BCUT2D eigenvalue weighted by Gasteiger charge is 2.17. The van der Waals surface area contributed by atoms with Crippen LogP contribution in [0, 0.1) is 0 Å². The molecular formula is C59H98O5. The summed E-state index contributed by atoms with van der Waals surface area (Å²) in [5.41, 5.74) is 0. The Bertz CT molecular complexity index is 1280. The molecule has 0 N–H and O–H groups in total. The molecule has 0 aliphatic rings. The molecule has 64 heavy (non-hydrogen) atoms. The van der Waals surface area contributed by atoms with E-state index in [1.807, 2.05) is 6.08 Å². The van der Waals surface area contributed by atoms with Crippen LogP contribution in [0.25, 0.3) is 0 Å². The van der Waals surface area contributed by atoms with Crippen LogP contribution in [-0.2, 0) is 23.8 Å². The molecule has 0 saturated carbocycles. The van der Waals surface area contributed by atoms with Crippen molar-refractivity contribution in [1.82, 2.24) is 0 Å². The number of carbonyl (C=O) groups excluding carboxylic acids is 2. The Hall–Kier alpha value is -3.44. The first-order valence-corrected chi connectivity index (χ1v) is 26.4. The first kappa shape index (κ1) is 60.6. The smallest absolute Gasteiger partial charge is 0.306 e. The lowest BCUT2D eigenvalue weighted by molar-refractivity contribution is -0.162. The van der Waals surface area contributed by atoms with Crippen LogP contribution in [0.5, 0.6) is 0 Å². The Kier molecular flexibility index (Phi) is 51.0. The molecule has 1 atom stereocenters. The summed E-state index contributed by atoms with van der Waals surface area (Å²) in [6.07, 6.45) is 73.9. The standard InChI is InChI=1S/C59H98O5/c1-4-7-10-13-16-19-22-25-27-29-30-31-32-35-37-40-43-46-49-52-58(60)63-56-57(64-59(61)53-50-47-44-41-38-34-24-21-18-15-12-9-6-3)55-62-54-51-48-45-42-39-36-33-28-26-23-20-17-14-11-8-5-2/h9,12,16-21,25-28,30-31,34,38,44,47,57H,4-8,10-11,13-15,22-24,29,32-33,35-37,39-43,45-46,48-56H2,1-3H3/b12-9-,19-16-,20-17-,21-18-,27-25-,28-26-,31-30-,38-34-,47-44-. The summed E-state index contributed by atoms with van der Waals surface area (Å²) in [5.74, 6) is -0.516. The molecule has 0 spiro atoms. The normalized spacial score (nSPS) is 13.1. The van der Waals surface area contributed by atoms with E-state index in [0.717, 1.165) is 89.9 Å². The Balaban J connectivity index is 4.39. The molecule has 0 saturated heterocycles. The maximum atomic E-state index is 12.8. The highest BCUT2D eigenvalue weighted by atomic mass is 16.6. The molecule has 0 aliphatic heterocycles. The van der Waals surface area contributed by atoms with Gasteiger partial charge in [-0.3, -0.25) is 9.59 Å². The molecule has 0 aromatic rings. The van der Waals surface area contributed by atoms with Crippen molar-refractivity contribution in [2.75, 3.05) is 19.8 Å². The van der Waals surface area contributed by atoms with E-state index in [4.69, 9.17) is 14.2 Å². The molecule has 0 rings (SSSR count). The summed E-state index contributed by atoms with van der Waals surface area (Å²) in [6.45, 7) is 7.54. The second-order valence-corrected chi connectivity index (χ2v) is 17.0. The molecular weight excluding hydrogens is 789 g/mol. The summed E-state index contributed by atoms with van der Waals surface area (Å²) < 4.78 is 17.3. The second-order valence-electron chi connectivity index (χ2n) is 17.0. The average Bonchev–Trinajstić information content (AvgIpc) is 3.30. The summed E-state index contributed by atoms with van der Waals surface area (Å²) >= 11 is 0. The number of hydrogen-bond donors (Lipinski definition) is 0. The van der Waals surface area contributed by atoms with Crippen molar-refractivity contribution in [3.8, 4) is 0 Å². The number of ether oxygens (including phenoxy) is 3. The van der Waals surface area contributed by atoms with Crippen molar-refractivity contribution in [3.05, 3.63) is 109 Å². The predicted octanol–water partition coefficient (Wildman–Crippen LogP) is 18.0. The summed E-state index contributed by atoms with van der Waals surface area (Å²) in [7, 11) is 0. The summed E-state index contributed by atoms with van der Waals surface area (Å²) in [5, 5.41) is 0. The van der Waals surface area contributed by atoms with Gasteiger partial charge in [0.15, 0.2) is 6.10 Å². The van der Waals surface area contributed by atoms with Gasteiger partial charge in [-0.1, -0.05) is 207 Å². The number of carbonyl (C=O) groups is 2. The molecule has 0 heterocycles. The van der Waals surface area contributed by atoms with Crippen molar-refractivity contribution >= 4 is 11.9 Å². The van der Waals surface area contributed by atoms with Gasteiger partial charge >= 0.3 is 11.9 Å². The lowest BCUT2D eigenvalue weighted by atomic mass is 10.1. The minimum atomic E-state index is -0.592. The van der Waals surface area contributed by atoms with Crippen LogP contribution >= 0.6 is 0 Å². The van der Waals surface area contributed by atoms with Gasteiger partial charge in [-0.25, -0.2) is 0 Å². The van der Waals surface area contributed by atoms with E-state index in [0.29, 0.717) is 19.4 Å². The SMILES string of the molecule is CC/C=C\C/C=C\C/C=C\C/C=C\CCC(=O)OC(COCCCCCCCC/C=C\C/C=C\CCCCC)COC(=O)CCCCCCCC/C=C\C/C=C\C/C=C\CCCCC. The molecule has 0 aromatic heterocycles. The molecule has 5 nitrogen and oxygen atoms in total. The van der Waals surface area contributed by atoms with E-state index in [1.165, 1.54) is 96.3 Å². The average molecular weight is 887 g/mol. The Morgan fingerprint density at radius 2 is 0.734 bits per heavy atom. The van der Waals surface area contributed by atoms with Crippen molar-refractivity contribution < 1.29 is 23.8 Å². The van der Waals surface area contributed by atoms with Crippen LogP contribution in [-0.4, -0.2) is 37.9 Å². The van der Waals surface area contributed by atoms with Crippen LogP contribution in [0.15, 0.2) is 109 Å². The number of esters is 2. The molecule has 0 bridgehead atoms. The number of unbranched alkanes of at least 4 members (excludes halogenated alkanes) is 18. The van der Waals surface area contributed by atoms with Crippen LogP contribution in [0.3, 0.4) is 0 Å². The molecule has 364 valence electrons. The third-order valence-corrected chi connectivity index (χ3v) is 10.8. The van der Waals surface area contributed by atoms with Crippen molar-refractivity contribution in [3.63, 3.8) is 0 Å². The highest BCUT2D eigenvalue weighted by Crippen LogP contribution is 2.12. The zero-order chi connectivity index (χ0) is 46.3. The molecule has 1 unspecified atom stereocenters. The number of allylic oxidation sites excluding steroid dienone is 18. The highest BCUT2D eigenvalue weighted by molar-refractivity contribution is 5.70. The molecule has 0 aliphatic carbocycles. The number of rotatable bonds is 47. The Labute approximate surface area is 395 Å². The second kappa shape index (κ2) is 53.9. The maximum Gasteiger partial charge on any atom is 0.306 e. The van der Waals surface area contributed by atoms with Gasteiger partial charge in [-0.15, -0.1) is 0 Å². The molecule has 0 aromatic carbocycles. The van der Waals surface area contributed by atoms with Gasteiger partial charge in [0.25, 0.3) is 0 Å². The summed E-state index contributed by atoms with van der Waals surface area (Å²) in [6, 6.07) is 0.